The Hall–Kier alpha value is -5.67. The summed E-state index contributed by atoms with van der Waals surface area (Å²) in [7, 11) is 0. The van der Waals surface area contributed by atoms with Gasteiger partial charge in [-0.1, -0.05) is 112 Å². The van der Waals surface area contributed by atoms with Crippen LogP contribution in [0.4, 0.5) is 0 Å². The van der Waals surface area contributed by atoms with Crippen molar-refractivity contribution in [2.24, 2.45) is 27.2 Å². The van der Waals surface area contributed by atoms with Crippen molar-refractivity contribution in [1.82, 2.24) is 0 Å². The fraction of sp³-hybridized carbons (Fsp3) is 0.333. The molecule has 8 aromatic rings. The third-order valence-electron chi connectivity index (χ3n) is 13.2. The van der Waals surface area contributed by atoms with E-state index in [-0.39, 0.29) is 150 Å². The molecule has 8 rings (SSSR count). The van der Waals surface area contributed by atoms with Gasteiger partial charge in [0.25, 0.3) is 20.6 Å². The summed E-state index contributed by atoms with van der Waals surface area (Å²) < 4.78 is 24.2. The van der Waals surface area contributed by atoms with Crippen LogP contribution in [0.25, 0.3) is 0 Å². The summed E-state index contributed by atoms with van der Waals surface area (Å²) in [6, 6.07) is 53.6. The molecular formula is C81H103AlBr2K2N8O8. The van der Waals surface area contributed by atoms with Crippen LogP contribution < -0.4 is 144 Å². The first kappa shape index (κ1) is 98.4. The molecule has 0 radical (unpaired) electrons. The number of carbonyl (C=O) groups excluding carboxylic acids is 1. The van der Waals surface area contributed by atoms with E-state index in [2.05, 4.69) is 145 Å². The van der Waals surface area contributed by atoms with E-state index in [1.54, 1.807) is 31.2 Å². The Morgan fingerprint density at radius 3 is 0.971 bits per heavy atom. The summed E-state index contributed by atoms with van der Waals surface area (Å²) in [4.78, 5) is 20.1. The zero-order chi connectivity index (χ0) is 74.3. The molecule has 0 aliphatic rings. The van der Waals surface area contributed by atoms with Crippen LogP contribution in [0, 0.1) is 89.4 Å². The van der Waals surface area contributed by atoms with Crippen LogP contribution in [0.5, 0.6) is 28.7 Å². The topological polar surface area (TPSA) is 281 Å². The van der Waals surface area contributed by atoms with Crippen molar-refractivity contribution in [2.45, 2.75) is 177 Å². The number of halogens is 2. The Kier molecular flexibility index (Phi) is 52.1. The maximum Gasteiger partial charge on any atom is 1.00 e. The molecule has 0 bridgehead atoms. The van der Waals surface area contributed by atoms with Crippen LogP contribution in [0.3, 0.4) is 0 Å². The molecule has 0 aliphatic carbocycles. The van der Waals surface area contributed by atoms with Crippen molar-refractivity contribution in [1.29, 1.82) is 15.8 Å². The van der Waals surface area contributed by atoms with Gasteiger partial charge in [0.05, 0.1) is 34.9 Å². The molecule has 0 saturated heterocycles. The Labute approximate surface area is 716 Å². The number of aliphatic imine (C=N–C) groups is 2. The number of phenolic OH excluding ortho intramolecular Hbond substituents is 1. The zero-order valence-electron chi connectivity index (χ0n) is 63.5. The van der Waals surface area contributed by atoms with Gasteiger partial charge in [-0.2, -0.15) is 15.8 Å². The minimum absolute atomic E-state index is 0. The normalized spacial score (nSPS) is 10.1. The van der Waals surface area contributed by atoms with Crippen LogP contribution in [-0.4, -0.2) is 55.5 Å². The van der Waals surface area contributed by atoms with Gasteiger partial charge in [0, 0.05) is 33.9 Å². The molecule has 16 nitrogen and oxygen atoms in total. The average molecular weight is 1580 g/mol. The summed E-state index contributed by atoms with van der Waals surface area (Å²) in [5.41, 5.74) is 36.3. The smallest absolute Gasteiger partial charge is 1.00 e. The number of nitriles is 3. The molecule has 0 saturated carbocycles. The molecule has 0 spiro atoms. The Morgan fingerprint density at radius 1 is 0.490 bits per heavy atom. The second-order valence-electron chi connectivity index (χ2n) is 25.0. The van der Waals surface area contributed by atoms with Crippen LogP contribution >= 0.6 is 31.9 Å². The molecule has 0 unspecified atom stereocenters. The molecule has 0 fully saturated rings. The van der Waals surface area contributed by atoms with Gasteiger partial charge in [0.2, 0.25) is 0 Å². The SMILES string of the molecule is C.CC(C)N.Cc1cc(C#N)ccc1O.Cc1cc(CBr)cc(CBr)c1.Cc1cc(COc2ccc(C#N)cc2C)cc(COc2ccc(C#N)cc2C)c1.Cc1cc(COc2ccc(C(N)=NC(C)C)cc2C)cc(COc2ccc(C(N)=NC(C)C)cc2C)c1.O=CO[O-].[CH3][Al]([CH3])[CH3].[H-].[K+].[K+]. The second-order valence-corrected chi connectivity index (χ2v) is 29.6. The minimum Gasteiger partial charge on any atom is -1.00 e. The van der Waals surface area contributed by atoms with Crippen LogP contribution in [0.1, 0.15) is 156 Å². The average Bonchev–Trinajstić information content (AvgIpc) is 0.842. The monoisotopic (exact) mass is 1580 g/mol. The fourth-order valence-electron chi connectivity index (χ4n) is 9.11. The number of carbonyl (C=O) groups is 1. The number of aromatic hydroxyl groups is 1. The Balaban J connectivity index is -0.00000133. The van der Waals surface area contributed by atoms with Gasteiger partial charge < -0.3 is 52.8 Å². The fourth-order valence-corrected chi connectivity index (χ4v) is 9.76. The molecule has 0 amide bonds. The summed E-state index contributed by atoms with van der Waals surface area (Å²) in [6.07, 6.45) is 0. The molecule has 8 aromatic carbocycles. The van der Waals surface area contributed by atoms with Crippen molar-refractivity contribution in [3.8, 4) is 47.0 Å². The van der Waals surface area contributed by atoms with Gasteiger partial charge in [0.1, 0.15) is 66.8 Å². The molecule has 0 atom stereocenters. The third-order valence-corrected chi connectivity index (χ3v) is 14.5. The van der Waals surface area contributed by atoms with Gasteiger partial charge in [0.15, 0.2) is 0 Å². The summed E-state index contributed by atoms with van der Waals surface area (Å²) >= 11 is 6.74. The number of amidine groups is 2. The first-order chi connectivity index (χ1) is 46.9. The van der Waals surface area contributed by atoms with E-state index in [1.165, 1.54) is 22.8 Å². The van der Waals surface area contributed by atoms with E-state index in [0.29, 0.717) is 60.8 Å². The first-order valence-corrected chi connectivity index (χ1v) is 38.1. The minimum atomic E-state index is -0.181. The van der Waals surface area contributed by atoms with Crippen LogP contribution in [0.15, 0.2) is 156 Å². The van der Waals surface area contributed by atoms with Gasteiger partial charge >= 0.3 is 103 Å². The summed E-state index contributed by atoms with van der Waals surface area (Å²) in [6.45, 7) is 29.5. The third kappa shape index (κ3) is 40.6. The largest absolute Gasteiger partial charge is 1.00 e. The standard InChI is InChI=1S/C31H40N4O2.C25H22N2O2.C9H10Br2.C8H7NO.C3H9N.CH2O3.CH4.3CH3.Al.2K.H/c1-19(2)34-30(32)26-8-10-28(22(6)14-26)36-17-24-12-21(5)13-25(16-24)18-37-29-11-9-27(15-23(29)7)31(33)35-20(3)4;1-17-8-22(15-28-24-6-4-20(13-26)10-18(24)2)12-23(9-17)16-29-25-7-5-21(14-27)11-19(25)3;1-7-2-8(5-10)4-9(3-7)6-11;1-6-4-7(5-9)2-3-8(6)10;1-3(2)4;2-1-4-3;;;;;;;;/h8-16,19-20H,17-18H2,1-7H3,(H2,32,34)(H2,33,35);4-12H,15-16H2,1-3H3;2-4H,5-6H2,1H3;2-4,10H,1H3;3H,4H2,1-2H3;1,3H;1H4;3*1H3;;;;/q;;;;;;;;;;;2*+1;-1/p-1. The summed E-state index contributed by atoms with van der Waals surface area (Å²) in [5, 5.41) is 45.7. The van der Waals surface area contributed by atoms with Crippen molar-refractivity contribution < 1.29 is 143 Å². The second kappa shape index (κ2) is 54.0. The number of benzene rings is 8. The number of hydrogen-bond donors (Lipinski definition) is 4. The molecule has 534 valence electrons. The van der Waals surface area contributed by atoms with Gasteiger partial charge in [-0.05, 0) is 253 Å². The number of phenols is 1. The van der Waals surface area contributed by atoms with Gasteiger partial charge in [-0.25, -0.2) is 0 Å². The maximum atomic E-state index is 9.03. The van der Waals surface area contributed by atoms with Gasteiger partial charge in [-0.15, -0.1) is 17.4 Å². The van der Waals surface area contributed by atoms with Crippen molar-refractivity contribution in [3.05, 3.63) is 251 Å². The first-order valence-electron chi connectivity index (χ1n) is 32.4. The molecular weight excluding hydrogens is 1480 g/mol. The number of nitrogens with zero attached hydrogens (tertiary/aromatic N) is 5. The van der Waals surface area contributed by atoms with E-state index in [4.69, 9.17) is 67.1 Å². The predicted octanol–water partition coefficient (Wildman–Crippen LogP) is 11.8. The van der Waals surface area contributed by atoms with E-state index < -0.39 is 0 Å². The maximum absolute atomic E-state index is 9.03. The Bertz CT molecular complexity index is 3850. The number of hydrogen-bond acceptors (Lipinski definition) is 14. The molecule has 21 heteroatoms. The molecule has 7 N–H and O–H groups in total. The quantitative estimate of drug-likeness (QED) is 0.0111. The Morgan fingerprint density at radius 2 is 0.735 bits per heavy atom. The molecule has 0 aliphatic heterocycles. The summed E-state index contributed by atoms with van der Waals surface area (Å²) in [5.74, 6) is 11.5. The number of nitrogens with two attached hydrogens (primary N) is 3. The van der Waals surface area contributed by atoms with Crippen LogP contribution in [-0.2, 0) is 46.8 Å². The number of aryl methyl sites for hydroxylation is 8. The molecule has 0 aromatic heterocycles. The number of alkyl halides is 2. The van der Waals surface area contributed by atoms with Crippen LogP contribution in [0.2, 0.25) is 17.4 Å². The predicted molar refractivity (Wildman–Crippen MR) is 417 cm³/mol. The van der Waals surface area contributed by atoms with Gasteiger partial charge in [-0.3, -0.25) is 14.8 Å². The van der Waals surface area contributed by atoms with Crippen molar-refractivity contribution in [3.63, 3.8) is 0 Å². The molecule has 102 heavy (non-hydrogen) atoms. The van der Waals surface area contributed by atoms with Crippen molar-refractivity contribution >= 4 is 64.2 Å². The number of rotatable bonds is 19. The van der Waals surface area contributed by atoms with E-state index in [1.807, 2.05) is 143 Å². The van der Waals surface area contributed by atoms with E-state index in [9.17, 15) is 0 Å². The number of ether oxygens (including phenoxy) is 4. The van der Waals surface area contributed by atoms with E-state index >= 15 is 0 Å². The zero-order valence-corrected chi connectivity index (χ0v) is 73.1. The molecule has 0 heterocycles. The van der Waals surface area contributed by atoms with E-state index in [0.717, 1.165) is 106 Å². The van der Waals surface area contributed by atoms with Crippen molar-refractivity contribution in [2.75, 3.05) is 0 Å².